The lowest BCUT2D eigenvalue weighted by atomic mass is 9.43. The van der Waals surface area contributed by atoms with Gasteiger partial charge in [-0.05, 0) is 78.9 Å². The molecule has 0 spiro atoms. The van der Waals surface area contributed by atoms with Crippen LogP contribution in [0.2, 0.25) is 0 Å². The molecule has 22 heavy (non-hydrogen) atoms. The highest BCUT2D eigenvalue weighted by Gasteiger charge is 2.61. The number of aliphatic hydroxyl groups is 1. The number of ketones is 1. The smallest absolute Gasteiger partial charge is 0.133 e. The molecule has 4 rings (SSSR count). The summed E-state index contributed by atoms with van der Waals surface area (Å²) in [5, 5.41) is 10.5. The molecule has 0 bridgehead atoms. The highest BCUT2D eigenvalue weighted by atomic mass is 16.3. The normalized spacial score (nSPS) is 57.9. The van der Waals surface area contributed by atoms with Gasteiger partial charge in [0.1, 0.15) is 5.78 Å². The molecular formula is C20H32O2. The number of hydrogen-bond acceptors (Lipinski definition) is 2. The molecule has 4 saturated carbocycles. The summed E-state index contributed by atoms with van der Waals surface area (Å²) in [5.74, 6) is 4.11. The van der Waals surface area contributed by atoms with Crippen LogP contribution in [0.5, 0.6) is 0 Å². The molecule has 0 aliphatic heterocycles. The highest BCUT2D eigenvalue weighted by Crippen LogP contribution is 2.66. The number of carbonyl (C=O) groups excluding carboxylic acids is 1. The standard InChI is InChI=1S/C20H32O2/c1-12-10-14-15-4-5-18(22)20(15,3)9-7-16(14)19(2)8-6-13(21)11-17(12)19/h12,14-18,22H,4-11H2,1-3H3/t12-,14-,15-,16-,17+,18+,19+,20-/m0/s1. The number of fused-ring (bicyclic) bond motifs is 5. The number of rotatable bonds is 0. The maximum absolute atomic E-state index is 12.0. The molecule has 4 fully saturated rings. The van der Waals surface area contributed by atoms with Gasteiger partial charge in [0.25, 0.3) is 0 Å². The minimum absolute atomic E-state index is 0.0766. The van der Waals surface area contributed by atoms with Gasteiger partial charge in [-0.3, -0.25) is 4.79 Å². The average Bonchev–Trinajstić information content (AvgIpc) is 2.77. The number of carbonyl (C=O) groups is 1. The summed E-state index contributed by atoms with van der Waals surface area (Å²) in [5.41, 5.74) is 0.555. The minimum atomic E-state index is -0.0766. The molecule has 8 atom stereocenters. The van der Waals surface area contributed by atoms with E-state index in [4.69, 9.17) is 0 Å². The Labute approximate surface area is 135 Å². The van der Waals surface area contributed by atoms with Crippen LogP contribution in [0, 0.1) is 40.4 Å². The second-order valence-corrected chi connectivity index (χ2v) is 9.58. The lowest BCUT2D eigenvalue weighted by Crippen LogP contribution is -2.56. The van der Waals surface area contributed by atoms with Gasteiger partial charge in [-0.2, -0.15) is 0 Å². The van der Waals surface area contributed by atoms with Crippen LogP contribution in [-0.4, -0.2) is 17.0 Å². The van der Waals surface area contributed by atoms with Gasteiger partial charge in [-0.25, -0.2) is 0 Å². The minimum Gasteiger partial charge on any atom is -0.393 e. The van der Waals surface area contributed by atoms with E-state index in [1.165, 1.54) is 25.7 Å². The van der Waals surface area contributed by atoms with Crippen LogP contribution in [0.1, 0.15) is 72.1 Å². The van der Waals surface area contributed by atoms with Gasteiger partial charge < -0.3 is 5.11 Å². The average molecular weight is 304 g/mol. The molecule has 0 saturated heterocycles. The Kier molecular flexibility index (Phi) is 3.32. The van der Waals surface area contributed by atoms with E-state index in [9.17, 15) is 9.90 Å². The van der Waals surface area contributed by atoms with E-state index in [2.05, 4.69) is 20.8 Å². The lowest BCUT2D eigenvalue weighted by molar-refractivity contribution is -0.152. The SMILES string of the molecule is C[C@H]1C[C@@H]2[C@H](CC[C@]3(C)[C@H](O)CC[C@@H]23)[C@@]2(C)CCC(=O)C[C@H]12. The van der Waals surface area contributed by atoms with Crippen molar-refractivity contribution in [3.05, 3.63) is 0 Å². The fraction of sp³-hybridized carbons (Fsp3) is 0.950. The Hall–Kier alpha value is -0.370. The van der Waals surface area contributed by atoms with Crippen molar-refractivity contribution in [2.24, 2.45) is 40.4 Å². The fourth-order valence-electron chi connectivity index (χ4n) is 7.49. The van der Waals surface area contributed by atoms with Gasteiger partial charge in [0.15, 0.2) is 0 Å². The van der Waals surface area contributed by atoms with E-state index in [1.54, 1.807) is 0 Å². The van der Waals surface area contributed by atoms with Crippen molar-refractivity contribution >= 4 is 5.78 Å². The molecule has 0 heterocycles. The Morgan fingerprint density at radius 3 is 2.50 bits per heavy atom. The van der Waals surface area contributed by atoms with Crippen LogP contribution >= 0.6 is 0 Å². The monoisotopic (exact) mass is 304 g/mol. The highest BCUT2D eigenvalue weighted by molar-refractivity contribution is 5.79. The van der Waals surface area contributed by atoms with Crippen molar-refractivity contribution in [2.45, 2.75) is 78.2 Å². The molecule has 0 unspecified atom stereocenters. The van der Waals surface area contributed by atoms with Gasteiger partial charge >= 0.3 is 0 Å². The zero-order valence-electron chi connectivity index (χ0n) is 14.5. The molecule has 0 amide bonds. The van der Waals surface area contributed by atoms with Gasteiger partial charge in [0.2, 0.25) is 0 Å². The van der Waals surface area contributed by atoms with Gasteiger partial charge in [0, 0.05) is 12.8 Å². The molecule has 4 aliphatic rings. The third kappa shape index (κ3) is 1.85. The van der Waals surface area contributed by atoms with E-state index in [0.29, 0.717) is 23.0 Å². The van der Waals surface area contributed by atoms with Gasteiger partial charge in [-0.1, -0.05) is 20.8 Å². The second kappa shape index (κ2) is 4.82. The Balaban J connectivity index is 1.68. The summed E-state index contributed by atoms with van der Waals surface area (Å²) >= 11 is 0. The topological polar surface area (TPSA) is 37.3 Å². The summed E-state index contributed by atoms with van der Waals surface area (Å²) in [6.07, 6.45) is 8.71. The zero-order chi connectivity index (χ0) is 15.7. The van der Waals surface area contributed by atoms with Crippen molar-refractivity contribution < 1.29 is 9.90 Å². The molecule has 4 aliphatic carbocycles. The molecule has 0 aromatic heterocycles. The van der Waals surface area contributed by atoms with Crippen molar-refractivity contribution in [2.75, 3.05) is 0 Å². The third-order valence-corrected chi connectivity index (χ3v) is 8.80. The largest absolute Gasteiger partial charge is 0.393 e. The molecule has 2 nitrogen and oxygen atoms in total. The Morgan fingerprint density at radius 1 is 1.00 bits per heavy atom. The molecule has 124 valence electrons. The molecule has 0 aromatic rings. The van der Waals surface area contributed by atoms with Crippen LogP contribution in [0.15, 0.2) is 0 Å². The third-order valence-electron chi connectivity index (χ3n) is 8.80. The van der Waals surface area contributed by atoms with Crippen molar-refractivity contribution in [1.29, 1.82) is 0 Å². The maximum atomic E-state index is 12.0. The quantitative estimate of drug-likeness (QED) is 0.728. The lowest BCUT2D eigenvalue weighted by Gasteiger charge is -2.61. The van der Waals surface area contributed by atoms with Crippen LogP contribution in [0.4, 0.5) is 0 Å². The fourth-order valence-corrected chi connectivity index (χ4v) is 7.49. The molecular weight excluding hydrogens is 272 g/mol. The first-order chi connectivity index (χ1) is 10.4. The number of Topliss-reactive ketones (excluding diaryl/α,β-unsaturated/α-hetero) is 1. The van der Waals surface area contributed by atoms with Crippen molar-refractivity contribution in [3.63, 3.8) is 0 Å². The van der Waals surface area contributed by atoms with Crippen molar-refractivity contribution in [3.8, 4) is 0 Å². The molecule has 1 N–H and O–H groups in total. The van der Waals surface area contributed by atoms with Crippen LogP contribution in [0.25, 0.3) is 0 Å². The molecule has 0 radical (unpaired) electrons. The van der Waals surface area contributed by atoms with E-state index in [-0.39, 0.29) is 11.5 Å². The first kappa shape index (κ1) is 15.2. The van der Waals surface area contributed by atoms with E-state index < -0.39 is 0 Å². The number of aliphatic hydroxyl groups excluding tert-OH is 1. The maximum Gasteiger partial charge on any atom is 0.133 e. The summed E-state index contributed by atoms with van der Waals surface area (Å²) in [6.45, 7) is 7.26. The van der Waals surface area contributed by atoms with Crippen LogP contribution in [-0.2, 0) is 4.79 Å². The van der Waals surface area contributed by atoms with Crippen molar-refractivity contribution in [1.82, 2.24) is 0 Å². The number of hydrogen-bond donors (Lipinski definition) is 1. The first-order valence-corrected chi connectivity index (χ1v) is 9.56. The van der Waals surface area contributed by atoms with E-state index in [0.717, 1.165) is 43.4 Å². The van der Waals surface area contributed by atoms with E-state index >= 15 is 0 Å². The second-order valence-electron chi connectivity index (χ2n) is 9.58. The first-order valence-electron chi connectivity index (χ1n) is 9.56. The van der Waals surface area contributed by atoms with Gasteiger partial charge in [-0.15, -0.1) is 0 Å². The molecule has 2 heteroatoms. The summed E-state index contributed by atoms with van der Waals surface area (Å²) in [4.78, 5) is 12.0. The Morgan fingerprint density at radius 2 is 1.73 bits per heavy atom. The predicted octanol–water partition coefficient (Wildman–Crippen LogP) is 4.21. The predicted molar refractivity (Wildman–Crippen MR) is 87.3 cm³/mol. The summed E-state index contributed by atoms with van der Waals surface area (Å²) in [7, 11) is 0. The van der Waals surface area contributed by atoms with Crippen LogP contribution < -0.4 is 0 Å². The Bertz CT molecular complexity index is 486. The van der Waals surface area contributed by atoms with Crippen LogP contribution in [0.3, 0.4) is 0 Å². The summed E-state index contributed by atoms with van der Waals surface area (Å²) < 4.78 is 0. The zero-order valence-corrected chi connectivity index (χ0v) is 14.5. The van der Waals surface area contributed by atoms with Gasteiger partial charge in [0.05, 0.1) is 6.10 Å². The molecule has 0 aromatic carbocycles. The summed E-state index contributed by atoms with van der Waals surface area (Å²) in [6, 6.07) is 0. The van der Waals surface area contributed by atoms with E-state index in [1.807, 2.05) is 0 Å².